The molecule has 0 aliphatic heterocycles. The molecule has 0 bridgehead atoms. The Hall–Kier alpha value is -1.40. The molecule has 1 rings (SSSR count). The van der Waals surface area contributed by atoms with Crippen LogP contribution in [0.1, 0.15) is 59.8 Å². The first-order valence-electron chi connectivity index (χ1n) is 9.27. The van der Waals surface area contributed by atoms with Crippen LogP contribution in [0.15, 0.2) is 29.2 Å². The molecular formula is C19H32N2O3S. The monoisotopic (exact) mass is 368 g/mol. The van der Waals surface area contributed by atoms with Gasteiger partial charge in [0.1, 0.15) is 0 Å². The third kappa shape index (κ3) is 6.44. The normalized spacial score (nSPS) is 13.0. The first kappa shape index (κ1) is 21.6. The van der Waals surface area contributed by atoms with Crippen molar-refractivity contribution in [3.8, 4) is 0 Å². The summed E-state index contributed by atoms with van der Waals surface area (Å²) in [5.41, 5.74) is 0.623. The molecule has 0 spiro atoms. The fourth-order valence-corrected chi connectivity index (χ4v) is 3.85. The van der Waals surface area contributed by atoms with E-state index >= 15 is 0 Å². The Morgan fingerprint density at radius 3 is 2.00 bits per heavy atom. The molecule has 1 aromatic carbocycles. The van der Waals surface area contributed by atoms with E-state index in [9.17, 15) is 13.2 Å². The van der Waals surface area contributed by atoms with Crippen LogP contribution in [0.4, 0.5) is 5.69 Å². The van der Waals surface area contributed by atoms with Crippen LogP contribution in [-0.4, -0.2) is 31.7 Å². The van der Waals surface area contributed by atoms with Gasteiger partial charge >= 0.3 is 0 Å². The zero-order chi connectivity index (χ0) is 18.9. The van der Waals surface area contributed by atoms with Gasteiger partial charge in [-0.25, -0.2) is 8.42 Å². The second-order valence-electron chi connectivity index (χ2n) is 6.43. The molecule has 0 aliphatic carbocycles. The summed E-state index contributed by atoms with van der Waals surface area (Å²) in [6, 6.07) is 6.47. The van der Waals surface area contributed by atoms with Crippen molar-refractivity contribution in [3.63, 3.8) is 0 Å². The lowest BCUT2D eigenvalue weighted by molar-refractivity contribution is -0.119. The molecule has 5 nitrogen and oxygen atoms in total. The number of sulfonamides is 1. The maximum Gasteiger partial charge on any atom is 0.243 e. The number of unbranched alkanes of at least 4 members (excludes halogenated alkanes) is 2. The van der Waals surface area contributed by atoms with Gasteiger partial charge in [-0.1, -0.05) is 40.5 Å². The Kier molecular flexibility index (Phi) is 9.14. The Balaban J connectivity index is 2.91. The summed E-state index contributed by atoms with van der Waals surface area (Å²) in [4.78, 5) is 12.2. The van der Waals surface area contributed by atoms with E-state index in [1.54, 1.807) is 28.6 Å². The third-order valence-corrected chi connectivity index (χ3v) is 6.25. The first-order valence-corrected chi connectivity index (χ1v) is 10.7. The summed E-state index contributed by atoms with van der Waals surface area (Å²) in [5.74, 6) is -0.118. The standard InChI is InChI=1S/C19H32N2O3S/c1-5-8-14-21(15-9-6-2)25(23,24)18-12-10-17(11-13-18)20-19(22)16(4)7-3/h10-13,16H,5-9,14-15H2,1-4H3,(H,20,22). The van der Waals surface area contributed by atoms with Crippen molar-refractivity contribution in [3.05, 3.63) is 24.3 Å². The van der Waals surface area contributed by atoms with E-state index in [2.05, 4.69) is 19.2 Å². The highest BCUT2D eigenvalue weighted by atomic mass is 32.2. The van der Waals surface area contributed by atoms with Gasteiger partial charge in [0.25, 0.3) is 0 Å². The van der Waals surface area contributed by atoms with Crippen molar-refractivity contribution in [2.45, 2.75) is 64.7 Å². The SMILES string of the molecule is CCCCN(CCCC)S(=O)(=O)c1ccc(NC(=O)C(C)CC)cc1. The fraction of sp³-hybridized carbons (Fsp3) is 0.632. The zero-order valence-electron chi connectivity index (χ0n) is 15.9. The molecule has 0 saturated heterocycles. The van der Waals surface area contributed by atoms with Crippen LogP contribution < -0.4 is 5.32 Å². The maximum atomic E-state index is 12.9. The third-order valence-electron chi connectivity index (χ3n) is 4.34. The number of nitrogens with one attached hydrogen (secondary N) is 1. The predicted octanol–water partition coefficient (Wildman–Crippen LogP) is 4.26. The molecule has 6 heteroatoms. The number of anilines is 1. The van der Waals surface area contributed by atoms with Crippen molar-refractivity contribution in [1.29, 1.82) is 0 Å². The molecule has 142 valence electrons. The van der Waals surface area contributed by atoms with Crippen LogP contribution in [0.5, 0.6) is 0 Å². The molecule has 1 N–H and O–H groups in total. The van der Waals surface area contributed by atoms with E-state index in [-0.39, 0.29) is 16.7 Å². The molecule has 0 fully saturated rings. The lowest BCUT2D eigenvalue weighted by Gasteiger charge is -2.22. The summed E-state index contributed by atoms with van der Waals surface area (Å²) in [5, 5.41) is 2.82. The largest absolute Gasteiger partial charge is 0.326 e. The highest BCUT2D eigenvalue weighted by molar-refractivity contribution is 7.89. The summed E-state index contributed by atoms with van der Waals surface area (Å²) < 4.78 is 27.3. The molecule has 0 radical (unpaired) electrons. The van der Waals surface area contributed by atoms with Crippen LogP contribution in [0.2, 0.25) is 0 Å². The fourth-order valence-electron chi connectivity index (χ4n) is 2.33. The number of hydrogen-bond acceptors (Lipinski definition) is 3. The lowest BCUT2D eigenvalue weighted by atomic mass is 10.1. The van der Waals surface area contributed by atoms with Gasteiger partial charge in [-0.05, 0) is 43.5 Å². The molecule has 0 aliphatic rings. The number of rotatable bonds is 11. The van der Waals surface area contributed by atoms with Gasteiger partial charge in [0.2, 0.25) is 15.9 Å². The Morgan fingerprint density at radius 1 is 1.04 bits per heavy atom. The summed E-state index contributed by atoms with van der Waals surface area (Å²) in [6.45, 7) is 9.03. The van der Waals surface area contributed by atoms with Crippen LogP contribution >= 0.6 is 0 Å². The number of amides is 1. The van der Waals surface area contributed by atoms with Crippen LogP contribution in [0, 0.1) is 5.92 Å². The van der Waals surface area contributed by atoms with Crippen molar-refractivity contribution in [2.75, 3.05) is 18.4 Å². The highest BCUT2D eigenvalue weighted by Gasteiger charge is 2.23. The van der Waals surface area contributed by atoms with Crippen LogP contribution in [0.3, 0.4) is 0 Å². The minimum absolute atomic E-state index is 0.0503. The molecule has 1 aromatic rings. The smallest absolute Gasteiger partial charge is 0.243 e. The number of hydrogen-bond donors (Lipinski definition) is 1. The maximum absolute atomic E-state index is 12.9. The van der Waals surface area contributed by atoms with E-state index in [0.29, 0.717) is 18.8 Å². The number of nitrogens with zero attached hydrogens (tertiary/aromatic N) is 1. The number of carbonyl (C=O) groups is 1. The van der Waals surface area contributed by atoms with E-state index < -0.39 is 10.0 Å². The Labute approximate surface area is 152 Å². The Bertz CT molecular complexity index is 619. The zero-order valence-corrected chi connectivity index (χ0v) is 16.7. The molecule has 1 amide bonds. The minimum atomic E-state index is -3.49. The predicted molar refractivity (Wildman–Crippen MR) is 103 cm³/mol. The van der Waals surface area contributed by atoms with E-state index in [4.69, 9.17) is 0 Å². The summed E-state index contributed by atoms with van der Waals surface area (Å²) >= 11 is 0. The minimum Gasteiger partial charge on any atom is -0.326 e. The average Bonchev–Trinajstić information content (AvgIpc) is 2.61. The van der Waals surface area contributed by atoms with E-state index in [1.807, 2.05) is 13.8 Å². The Morgan fingerprint density at radius 2 is 1.56 bits per heavy atom. The van der Waals surface area contributed by atoms with Crippen molar-refractivity contribution < 1.29 is 13.2 Å². The topological polar surface area (TPSA) is 66.5 Å². The number of benzene rings is 1. The highest BCUT2D eigenvalue weighted by Crippen LogP contribution is 2.20. The first-order chi connectivity index (χ1) is 11.9. The van der Waals surface area contributed by atoms with E-state index in [1.165, 1.54) is 0 Å². The second-order valence-corrected chi connectivity index (χ2v) is 8.37. The van der Waals surface area contributed by atoms with E-state index in [0.717, 1.165) is 32.1 Å². The van der Waals surface area contributed by atoms with Gasteiger partial charge in [-0.3, -0.25) is 4.79 Å². The van der Waals surface area contributed by atoms with Gasteiger partial charge in [0.05, 0.1) is 4.90 Å². The number of carbonyl (C=O) groups excluding carboxylic acids is 1. The molecule has 0 aromatic heterocycles. The van der Waals surface area contributed by atoms with Gasteiger partial charge < -0.3 is 5.32 Å². The molecule has 1 atom stereocenters. The molecular weight excluding hydrogens is 336 g/mol. The van der Waals surface area contributed by atoms with Crippen molar-refractivity contribution in [2.24, 2.45) is 5.92 Å². The quantitative estimate of drug-likeness (QED) is 0.634. The van der Waals surface area contributed by atoms with Crippen LogP contribution in [0.25, 0.3) is 0 Å². The molecule has 1 unspecified atom stereocenters. The molecule has 0 heterocycles. The summed E-state index contributed by atoms with van der Waals surface area (Å²) in [6.07, 6.45) is 4.39. The van der Waals surface area contributed by atoms with Gasteiger partial charge in [-0.2, -0.15) is 4.31 Å². The summed E-state index contributed by atoms with van der Waals surface area (Å²) in [7, 11) is -3.49. The van der Waals surface area contributed by atoms with Gasteiger partial charge in [-0.15, -0.1) is 0 Å². The van der Waals surface area contributed by atoms with Crippen molar-refractivity contribution in [1.82, 2.24) is 4.31 Å². The van der Waals surface area contributed by atoms with Crippen LogP contribution in [-0.2, 0) is 14.8 Å². The lowest BCUT2D eigenvalue weighted by Crippen LogP contribution is -2.33. The molecule has 0 saturated carbocycles. The average molecular weight is 369 g/mol. The second kappa shape index (κ2) is 10.6. The van der Waals surface area contributed by atoms with Gasteiger partial charge in [0.15, 0.2) is 0 Å². The van der Waals surface area contributed by atoms with Crippen molar-refractivity contribution >= 4 is 21.6 Å². The van der Waals surface area contributed by atoms with Gasteiger partial charge in [0, 0.05) is 24.7 Å². The molecule has 25 heavy (non-hydrogen) atoms.